The van der Waals surface area contributed by atoms with E-state index >= 15 is 0 Å². The van der Waals surface area contributed by atoms with Gasteiger partial charge in [-0.05, 0) is 63.9 Å². The lowest BCUT2D eigenvalue weighted by Gasteiger charge is -2.43. The van der Waals surface area contributed by atoms with Gasteiger partial charge in [0, 0.05) is 27.8 Å². The smallest absolute Gasteiger partial charge is 0.245 e. The number of nitrogens with one attached hydrogen (secondary N) is 2. The minimum atomic E-state index is -1.15. The SMILES string of the molecule is CO[C@H]([C@@H](C)C(=O)N[C@H](C)[C@H](O)c1ccccc1)[C@@H]1CCCN1C(=O)C[C@H](OC)[C@H](C1CCCCC1)N(C)C(=O)[C@@H](NC(=O)C(C)(C)N)C(C)C. The fourth-order valence-electron chi connectivity index (χ4n) is 7.85. The summed E-state index contributed by atoms with van der Waals surface area (Å²) in [6.45, 7) is 11.1. The second-order valence-corrected chi connectivity index (χ2v) is 15.7. The lowest BCUT2D eigenvalue weighted by molar-refractivity contribution is -0.148. The summed E-state index contributed by atoms with van der Waals surface area (Å²) in [5, 5.41) is 16.7. The largest absolute Gasteiger partial charge is 0.386 e. The number of carbonyl (C=O) groups excluding carboxylic acids is 4. The zero-order chi connectivity index (χ0) is 38.0. The van der Waals surface area contributed by atoms with Crippen molar-refractivity contribution in [2.45, 2.75) is 141 Å². The maximum absolute atomic E-state index is 14.2. The highest BCUT2D eigenvalue weighted by molar-refractivity contribution is 5.91. The number of carbonyl (C=O) groups is 4. The van der Waals surface area contributed by atoms with Gasteiger partial charge < -0.3 is 40.7 Å². The van der Waals surface area contributed by atoms with Gasteiger partial charge in [-0.3, -0.25) is 19.2 Å². The third-order valence-electron chi connectivity index (χ3n) is 11.0. The quantitative estimate of drug-likeness (QED) is 0.190. The van der Waals surface area contributed by atoms with Crippen LogP contribution in [0, 0.1) is 17.8 Å². The van der Waals surface area contributed by atoms with Gasteiger partial charge >= 0.3 is 0 Å². The highest BCUT2D eigenvalue weighted by Crippen LogP contribution is 2.34. The Kier molecular flexibility index (Phi) is 15.9. The topological polar surface area (TPSA) is 164 Å². The molecule has 5 N–H and O–H groups in total. The summed E-state index contributed by atoms with van der Waals surface area (Å²) in [5.74, 6) is -1.70. The van der Waals surface area contributed by atoms with Crippen LogP contribution < -0.4 is 16.4 Å². The van der Waals surface area contributed by atoms with Gasteiger partial charge in [0.15, 0.2) is 0 Å². The fraction of sp³-hybridized carbons (Fsp3) is 0.744. The third-order valence-corrected chi connectivity index (χ3v) is 11.0. The van der Waals surface area contributed by atoms with E-state index in [1.807, 2.05) is 49.1 Å². The first-order valence-electron chi connectivity index (χ1n) is 18.8. The van der Waals surface area contributed by atoms with Gasteiger partial charge in [-0.1, -0.05) is 70.4 Å². The van der Waals surface area contributed by atoms with Crippen LogP contribution >= 0.6 is 0 Å². The molecular formula is C39H65N5O7. The molecule has 4 amide bonds. The number of likely N-dealkylation sites (tertiary alicyclic amines) is 1. The molecule has 288 valence electrons. The van der Waals surface area contributed by atoms with Gasteiger partial charge in [0.1, 0.15) is 6.04 Å². The number of hydrogen-bond donors (Lipinski definition) is 4. The molecule has 1 aliphatic heterocycles. The molecule has 3 rings (SSSR count). The maximum atomic E-state index is 14.2. The average molecular weight is 716 g/mol. The first kappa shape index (κ1) is 42.4. The normalized spacial score (nSPS) is 21.3. The number of nitrogens with two attached hydrogens (primary N) is 1. The number of aliphatic hydroxyl groups excluding tert-OH is 1. The van der Waals surface area contributed by atoms with E-state index in [0.717, 1.165) is 38.5 Å². The number of likely N-dealkylation sites (N-methyl/N-ethyl adjacent to an activating group) is 1. The van der Waals surface area contributed by atoms with E-state index in [4.69, 9.17) is 15.2 Å². The second-order valence-electron chi connectivity index (χ2n) is 15.7. The van der Waals surface area contributed by atoms with E-state index < -0.39 is 53.8 Å². The Hall–Kier alpha value is -3.06. The zero-order valence-corrected chi connectivity index (χ0v) is 32.4. The average Bonchev–Trinajstić information content (AvgIpc) is 3.59. The van der Waals surface area contributed by atoms with Crippen LogP contribution in [0.15, 0.2) is 30.3 Å². The Morgan fingerprint density at radius 1 is 0.961 bits per heavy atom. The Morgan fingerprint density at radius 3 is 2.14 bits per heavy atom. The number of ether oxygens (including phenoxy) is 2. The molecule has 0 bridgehead atoms. The summed E-state index contributed by atoms with van der Waals surface area (Å²) in [6, 6.07) is 7.14. The van der Waals surface area contributed by atoms with Crippen molar-refractivity contribution in [3.8, 4) is 0 Å². The van der Waals surface area contributed by atoms with Crippen LogP contribution in [-0.4, -0.2) is 108 Å². The standard InChI is InChI=1S/C39H65N5O7/c1-24(2)32(42-38(49)39(5,6)40)37(48)43(7)33(27-17-12-10-13-18-27)30(50-8)23-31(45)44-22-16-21-29(44)35(51-9)25(3)36(47)41-26(4)34(46)28-19-14-11-15-20-28/h11,14-15,19-20,24-27,29-30,32-35,46H,10,12-13,16-18,21-23,40H2,1-9H3,(H,41,47)(H,42,49)/t25-,26-,29+,30+,32+,33+,34+,35-/m1/s1. The second kappa shape index (κ2) is 19.1. The van der Waals surface area contributed by atoms with Crippen LogP contribution in [0.25, 0.3) is 0 Å². The molecule has 1 saturated carbocycles. The molecule has 1 aromatic carbocycles. The Balaban J connectivity index is 1.79. The monoisotopic (exact) mass is 715 g/mol. The van der Waals surface area contributed by atoms with E-state index in [2.05, 4.69) is 10.6 Å². The molecule has 1 saturated heterocycles. The first-order valence-corrected chi connectivity index (χ1v) is 18.8. The van der Waals surface area contributed by atoms with Crippen LogP contribution in [-0.2, 0) is 28.7 Å². The number of methoxy groups -OCH3 is 2. The molecule has 1 heterocycles. The van der Waals surface area contributed by atoms with E-state index in [9.17, 15) is 24.3 Å². The van der Waals surface area contributed by atoms with E-state index in [1.165, 1.54) is 0 Å². The summed E-state index contributed by atoms with van der Waals surface area (Å²) < 4.78 is 12.0. The molecule has 1 aliphatic carbocycles. The molecule has 12 nitrogen and oxygen atoms in total. The first-order chi connectivity index (χ1) is 24.0. The lowest BCUT2D eigenvalue weighted by Crippen LogP contribution is -2.61. The summed E-state index contributed by atoms with van der Waals surface area (Å²) in [5.41, 5.74) is 5.62. The van der Waals surface area contributed by atoms with Crippen molar-refractivity contribution in [3.63, 3.8) is 0 Å². The van der Waals surface area contributed by atoms with Crippen LogP contribution in [0.4, 0.5) is 0 Å². The molecule has 8 atom stereocenters. The van der Waals surface area contributed by atoms with Crippen molar-refractivity contribution < 1.29 is 33.8 Å². The molecule has 0 unspecified atom stereocenters. The number of rotatable bonds is 17. The van der Waals surface area contributed by atoms with Gasteiger partial charge in [0.2, 0.25) is 23.6 Å². The van der Waals surface area contributed by atoms with Crippen molar-refractivity contribution in [2.75, 3.05) is 27.8 Å². The molecular weight excluding hydrogens is 650 g/mol. The molecule has 51 heavy (non-hydrogen) atoms. The van der Waals surface area contributed by atoms with Crippen LogP contribution in [0.5, 0.6) is 0 Å². The predicted octanol–water partition coefficient (Wildman–Crippen LogP) is 3.56. The number of hydrogen-bond acceptors (Lipinski definition) is 8. The van der Waals surface area contributed by atoms with Gasteiger partial charge in [-0.2, -0.15) is 0 Å². The number of benzene rings is 1. The summed E-state index contributed by atoms with van der Waals surface area (Å²) in [4.78, 5) is 58.2. The Morgan fingerprint density at radius 2 is 1.59 bits per heavy atom. The molecule has 2 aliphatic rings. The molecule has 0 radical (unpaired) electrons. The molecule has 2 fully saturated rings. The lowest BCUT2D eigenvalue weighted by atomic mass is 9.80. The van der Waals surface area contributed by atoms with Gasteiger partial charge in [0.25, 0.3) is 0 Å². The number of aliphatic hydroxyl groups is 1. The summed E-state index contributed by atoms with van der Waals surface area (Å²) >= 11 is 0. The van der Waals surface area contributed by atoms with Gasteiger partial charge in [-0.15, -0.1) is 0 Å². The van der Waals surface area contributed by atoms with Crippen molar-refractivity contribution in [1.82, 2.24) is 20.4 Å². The van der Waals surface area contributed by atoms with E-state index in [0.29, 0.717) is 18.5 Å². The molecule has 0 aromatic heterocycles. The molecule has 12 heteroatoms. The summed E-state index contributed by atoms with van der Waals surface area (Å²) in [7, 11) is 4.90. The number of nitrogens with zero attached hydrogens (tertiary/aromatic N) is 2. The van der Waals surface area contributed by atoms with E-state index in [1.54, 1.807) is 53.9 Å². The third kappa shape index (κ3) is 11.0. The van der Waals surface area contributed by atoms with E-state index in [-0.39, 0.29) is 42.0 Å². The minimum absolute atomic E-state index is 0.0532. The minimum Gasteiger partial charge on any atom is -0.386 e. The maximum Gasteiger partial charge on any atom is 0.245 e. The predicted molar refractivity (Wildman–Crippen MR) is 197 cm³/mol. The van der Waals surface area contributed by atoms with Crippen molar-refractivity contribution in [1.29, 1.82) is 0 Å². The van der Waals surface area contributed by atoms with Crippen LogP contribution in [0.1, 0.15) is 105 Å². The van der Waals surface area contributed by atoms with Gasteiger partial charge in [0.05, 0.1) is 54.3 Å². The summed E-state index contributed by atoms with van der Waals surface area (Å²) in [6.07, 6.45) is 4.47. The highest BCUT2D eigenvalue weighted by Gasteiger charge is 2.44. The zero-order valence-electron chi connectivity index (χ0n) is 32.4. The number of amides is 4. The highest BCUT2D eigenvalue weighted by atomic mass is 16.5. The Labute approximate surface area is 305 Å². The van der Waals surface area contributed by atoms with Crippen LogP contribution in [0.2, 0.25) is 0 Å². The molecule has 1 aromatic rings. The Bertz CT molecular complexity index is 1280. The fourth-order valence-corrected chi connectivity index (χ4v) is 7.85. The van der Waals surface area contributed by atoms with Crippen molar-refractivity contribution >= 4 is 23.6 Å². The van der Waals surface area contributed by atoms with Gasteiger partial charge in [-0.25, -0.2) is 0 Å². The van der Waals surface area contributed by atoms with Crippen LogP contribution in [0.3, 0.4) is 0 Å². The van der Waals surface area contributed by atoms with Crippen molar-refractivity contribution in [2.24, 2.45) is 23.5 Å². The molecule has 0 spiro atoms. The van der Waals surface area contributed by atoms with Crippen molar-refractivity contribution in [3.05, 3.63) is 35.9 Å².